The maximum Gasteiger partial charge on any atom is 0.329 e. The van der Waals surface area contributed by atoms with Gasteiger partial charge in [-0.2, -0.15) is 0 Å². The highest BCUT2D eigenvalue weighted by Crippen LogP contribution is 2.35. The van der Waals surface area contributed by atoms with Crippen molar-refractivity contribution in [3.63, 3.8) is 0 Å². The number of carbonyl (C=O) groups is 1. The Hall–Kier alpha value is -1.85. The van der Waals surface area contributed by atoms with Crippen LogP contribution in [0.1, 0.15) is 52.5 Å². The molecule has 1 aliphatic heterocycles. The SMILES string of the molecule is CCCC1(C(=O)O)CCCN1c1nccn(C(C)C)c1=O. The van der Waals surface area contributed by atoms with Crippen LogP contribution >= 0.6 is 0 Å². The molecular weight excluding hydrogens is 270 g/mol. The van der Waals surface area contributed by atoms with E-state index in [-0.39, 0.29) is 17.4 Å². The van der Waals surface area contributed by atoms with Gasteiger partial charge in [0.1, 0.15) is 5.54 Å². The fraction of sp³-hybridized carbons (Fsp3) is 0.667. The van der Waals surface area contributed by atoms with Gasteiger partial charge >= 0.3 is 5.97 Å². The number of carboxylic acids is 1. The first kappa shape index (κ1) is 15.5. The Morgan fingerprint density at radius 2 is 2.24 bits per heavy atom. The van der Waals surface area contributed by atoms with E-state index >= 15 is 0 Å². The standard InChI is InChI=1S/C15H23N3O3/c1-4-6-15(14(20)21)7-5-9-18(15)12-13(19)17(11(2)3)10-8-16-12/h8,10-11H,4-7,9H2,1-3H3,(H,20,21). The zero-order chi connectivity index (χ0) is 15.6. The molecule has 0 spiro atoms. The highest BCUT2D eigenvalue weighted by Gasteiger charge is 2.48. The van der Waals surface area contributed by atoms with E-state index in [4.69, 9.17) is 0 Å². The summed E-state index contributed by atoms with van der Waals surface area (Å²) in [5.41, 5.74) is -1.20. The molecule has 6 heteroatoms. The lowest BCUT2D eigenvalue weighted by atomic mass is 9.90. The van der Waals surface area contributed by atoms with Crippen LogP contribution in [-0.2, 0) is 4.79 Å². The molecule has 0 aromatic carbocycles. The second-order valence-corrected chi connectivity index (χ2v) is 5.90. The summed E-state index contributed by atoms with van der Waals surface area (Å²) in [5, 5.41) is 9.72. The lowest BCUT2D eigenvalue weighted by Gasteiger charge is -2.35. The zero-order valence-electron chi connectivity index (χ0n) is 12.9. The minimum atomic E-state index is -0.989. The highest BCUT2D eigenvalue weighted by molar-refractivity contribution is 5.84. The number of hydrogen-bond donors (Lipinski definition) is 1. The largest absolute Gasteiger partial charge is 0.479 e. The van der Waals surface area contributed by atoms with Crippen molar-refractivity contribution in [1.29, 1.82) is 0 Å². The normalized spacial score (nSPS) is 22.0. The quantitative estimate of drug-likeness (QED) is 0.899. The van der Waals surface area contributed by atoms with Gasteiger partial charge in [-0.05, 0) is 33.1 Å². The smallest absolute Gasteiger partial charge is 0.329 e. The zero-order valence-corrected chi connectivity index (χ0v) is 12.9. The molecule has 1 saturated heterocycles. The van der Waals surface area contributed by atoms with Gasteiger partial charge in [0.15, 0.2) is 5.82 Å². The number of rotatable bonds is 5. The van der Waals surface area contributed by atoms with E-state index in [1.807, 2.05) is 20.8 Å². The third-order valence-corrected chi connectivity index (χ3v) is 4.21. The molecule has 0 aliphatic carbocycles. The molecule has 0 saturated carbocycles. The molecule has 2 rings (SSSR count). The highest BCUT2D eigenvalue weighted by atomic mass is 16.4. The van der Waals surface area contributed by atoms with Crippen molar-refractivity contribution < 1.29 is 9.90 Å². The van der Waals surface area contributed by atoms with Crippen LogP contribution < -0.4 is 10.5 Å². The molecule has 1 fully saturated rings. The van der Waals surface area contributed by atoms with Gasteiger partial charge in [-0.15, -0.1) is 0 Å². The second kappa shape index (κ2) is 5.87. The fourth-order valence-electron chi connectivity index (χ4n) is 3.20. The van der Waals surface area contributed by atoms with E-state index in [2.05, 4.69) is 4.98 Å². The molecule has 1 unspecified atom stereocenters. The van der Waals surface area contributed by atoms with Crippen molar-refractivity contribution in [2.75, 3.05) is 11.4 Å². The molecule has 0 radical (unpaired) electrons. The van der Waals surface area contributed by atoms with Gasteiger partial charge in [0.05, 0.1) is 0 Å². The predicted molar refractivity (Wildman–Crippen MR) is 80.7 cm³/mol. The van der Waals surface area contributed by atoms with Gasteiger partial charge in [-0.3, -0.25) is 4.79 Å². The van der Waals surface area contributed by atoms with Gasteiger partial charge in [0.25, 0.3) is 5.56 Å². The van der Waals surface area contributed by atoms with Gasteiger partial charge in [-0.25, -0.2) is 9.78 Å². The first-order valence-corrected chi connectivity index (χ1v) is 7.52. The Balaban J connectivity index is 2.52. The van der Waals surface area contributed by atoms with Crippen LogP contribution in [0.3, 0.4) is 0 Å². The summed E-state index contributed by atoms with van der Waals surface area (Å²) in [6.07, 6.45) is 5.84. The average Bonchev–Trinajstić information content (AvgIpc) is 2.84. The van der Waals surface area contributed by atoms with E-state index in [0.29, 0.717) is 19.4 Å². The van der Waals surface area contributed by atoms with E-state index in [9.17, 15) is 14.7 Å². The molecule has 0 amide bonds. The Kier molecular flexibility index (Phi) is 4.34. The van der Waals surface area contributed by atoms with Crippen molar-refractivity contribution in [1.82, 2.24) is 9.55 Å². The summed E-state index contributed by atoms with van der Waals surface area (Å²) in [4.78, 5) is 30.3. The van der Waals surface area contributed by atoms with Gasteiger partial charge in [-0.1, -0.05) is 13.3 Å². The molecule has 1 N–H and O–H groups in total. The number of nitrogens with zero attached hydrogens (tertiary/aromatic N) is 3. The van der Waals surface area contributed by atoms with E-state index < -0.39 is 11.5 Å². The number of hydrogen-bond acceptors (Lipinski definition) is 4. The first-order chi connectivity index (χ1) is 9.94. The topological polar surface area (TPSA) is 75.4 Å². The van der Waals surface area contributed by atoms with Crippen LogP contribution in [0.2, 0.25) is 0 Å². The van der Waals surface area contributed by atoms with Crippen molar-refractivity contribution in [2.24, 2.45) is 0 Å². The molecule has 116 valence electrons. The van der Waals surface area contributed by atoms with Gasteiger partial charge < -0.3 is 14.6 Å². The molecule has 1 aliphatic rings. The molecule has 1 aromatic heterocycles. The lowest BCUT2D eigenvalue weighted by molar-refractivity contribution is -0.143. The molecule has 2 heterocycles. The Bertz CT molecular complexity index is 582. The molecule has 0 bridgehead atoms. The molecule has 1 aromatic rings. The molecule has 21 heavy (non-hydrogen) atoms. The number of aliphatic carboxylic acids is 1. The summed E-state index contributed by atoms with van der Waals surface area (Å²) in [7, 11) is 0. The van der Waals surface area contributed by atoms with Crippen LogP contribution in [0.4, 0.5) is 5.82 Å². The first-order valence-electron chi connectivity index (χ1n) is 7.52. The van der Waals surface area contributed by atoms with Crippen LogP contribution in [0, 0.1) is 0 Å². The van der Waals surface area contributed by atoms with Crippen molar-refractivity contribution in [3.05, 3.63) is 22.7 Å². The van der Waals surface area contributed by atoms with E-state index in [0.717, 1.165) is 12.8 Å². The predicted octanol–water partition coefficient (Wildman–Crippen LogP) is 2.05. The monoisotopic (exact) mass is 293 g/mol. The Morgan fingerprint density at radius 1 is 1.52 bits per heavy atom. The second-order valence-electron chi connectivity index (χ2n) is 5.90. The van der Waals surface area contributed by atoms with Crippen LogP contribution in [-0.4, -0.2) is 32.7 Å². The van der Waals surface area contributed by atoms with Crippen molar-refractivity contribution >= 4 is 11.8 Å². The van der Waals surface area contributed by atoms with Gasteiger partial charge in [0, 0.05) is 25.0 Å². The van der Waals surface area contributed by atoms with Crippen molar-refractivity contribution in [2.45, 2.75) is 58.0 Å². The Morgan fingerprint density at radius 3 is 2.81 bits per heavy atom. The third kappa shape index (κ3) is 2.54. The maximum absolute atomic E-state index is 12.6. The molecule has 1 atom stereocenters. The Labute approximate surface area is 124 Å². The number of carboxylic acid groups (broad SMARTS) is 1. The van der Waals surface area contributed by atoms with E-state index in [1.165, 1.54) is 0 Å². The maximum atomic E-state index is 12.6. The summed E-state index contributed by atoms with van der Waals surface area (Å²) in [6, 6.07) is 0.0206. The summed E-state index contributed by atoms with van der Waals surface area (Å²) >= 11 is 0. The third-order valence-electron chi connectivity index (χ3n) is 4.21. The minimum Gasteiger partial charge on any atom is -0.479 e. The molecule has 6 nitrogen and oxygen atoms in total. The minimum absolute atomic E-state index is 0.0206. The lowest BCUT2D eigenvalue weighted by Crippen LogP contribution is -2.53. The average molecular weight is 293 g/mol. The number of aromatic nitrogens is 2. The van der Waals surface area contributed by atoms with Crippen molar-refractivity contribution in [3.8, 4) is 0 Å². The summed E-state index contributed by atoms with van der Waals surface area (Å²) in [5.74, 6) is -0.595. The number of anilines is 1. The van der Waals surface area contributed by atoms with Crippen LogP contribution in [0.15, 0.2) is 17.2 Å². The van der Waals surface area contributed by atoms with Crippen LogP contribution in [0.25, 0.3) is 0 Å². The summed E-state index contributed by atoms with van der Waals surface area (Å²) < 4.78 is 1.60. The van der Waals surface area contributed by atoms with Crippen LogP contribution in [0.5, 0.6) is 0 Å². The van der Waals surface area contributed by atoms with Gasteiger partial charge in [0.2, 0.25) is 0 Å². The molecular formula is C15H23N3O3. The fourth-order valence-corrected chi connectivity index (χ4v) is 3.20. The summed E-state index contributed by atoms with van der Waals surface area (Å²) in [6.45, 7) is 6.37. The van der Waals surface area contributed by atoms with E-state index in [1.54, 1.807) is 21.9 Å².